The van der Waals surface area contributed by atoms with Gasteiger partial charge < -0.3 is 16.3 Å². The summed E-state index contributed by atoms with van der Waals surface area (Å²) in [4.78, 5) is 0. The molecule has 1 aromatic rings. The van der Waals surface area contributed by atoms with Crippen molar-refractivity contribution < 1.29 is 5.21 Å². The first kappa shape index (κ1) is 12.5. The number of nitrogens with one attached hydrogen (secondary N) is 1. The van der Waals surface area contributed by atoms with E-state index < -0.39 is 0 Å². The van der Waals surface area contributed by atoms with Crippen molar-refractivity contribution in [2.75, 3.05) is 6.54 Å². The highest BCUT2D eigenvalue weighted by atomic mass is 16.4. The van der Waals surface area contributed by atoms with Crippen LogP contribution in [0.3, 0.4) is 0 Å². The van der Waals surface area contributed by atoms with Gasteiger partial charge in [0, 0.05) is 19.0 Å². The van der Waals surface area contributed by atoms with Gasteiger partial charge in [-0.05, 0) is 12.5 Å². The van der Waals surface area contributed by atoms with E-state index in [1.165, 1.54) is 11.1 Å². The van der Waals surface area contributed by atoms with Crippen LogP contribution in [0, 0.1) is 12.8 Å². The van der Waals surface area contributed by atoms with Crippen LogP contribution in [-0.4, -0.2) is 17.6 Å². The summed E-state index contributed by atoms with van der Waals surface area (Å²) in [5.74, 6) is 0.298. The highest BCUT2D eigenvalue weighted by molar-refractivity contribution is 5.82. The minimum Gasteiger partial charge on any atom is -0.409 e. The monoisotopic (exact) mass is 221 g/mol. The molecule has 0 spiro atoms. The second-order valence-electron chi connectivity index (χ2n) is 4.05. The summed E-state index contributed by atoms with van der Waals surface area (Å²) >= 11 is 0. The van der Waals surface area contributed by atoms with Gasteiger partial charge in [0.1, 0.15) is 5.84 Å². The van der Waals surface area contributed by atoms with Crippen LogP contribution < -0.4 is 11.1 Å². The molecular weight excluding hydrogens is 202 g/mol. The van der Waals surface area contributed by atoms with Crippen molar-refractivity contribution in [2.24, 2.45) is 16.8 Å². The van der Waals surface area contributed by atoms with E-state index in [2.05, 4.69) is 35.6 Å². The van der Waals surface area contributed by atoms with Crippen LogP contribution in [0.4, 0.5) is 0 Å². The van der Waals surface area contributed by atoms with E-state index in [4.69, 9.17) is 10.9 Å². The first-order chi connectivity index (χ1) is 7.63. The molecule has 4 N–H and O–H groups in total. The van der Waals surface area contributed by atoms with Gasteiger partial charge in [-0.3, -0.25) is 0 Å². The smallest absolute Gasteiger partial charge is 0.143 e. The Morgan fingerprint density at radius 3 is 2.94 bits per heavy atom. The van der Waals surface area contributed by atoms with Gasteiger partial charge >= 0.3 is 0 Å². The number of nitrogens with two attached hydrogens (primary N) is 1. The van der Waals surface area contributed by atoms with Crippen LogP contribution in [-0.2, 0) is 6.54 Å². The summed E-state index contributed by atoms with van der Waals surface area (Å²) in [6, 6.07) is 8.33. The van der Waals surface area contributed by atoms with Crippen molar-refractivity contribution in [3.63, 3.8) is 0 Å². The first-order valence-electron chi connectivity index (χ1n) is 5.37. The number of hydrogen-bond acceptors (Lipinski definition) is 3. The van der Waals surface area contributed by atoms with E-state index in [-0.39, 0.29) is 11.8 Å². The van der Waals surface area contributed by atoms with Gasteiger partial charge in [-0.15, -0.1) is 0 Å². The molecule has 16 heavy (non-hydrogen) atoms. The van der Waals surface area contributed by atoms with Crippen LogP contribution >= 0.6 is 0 Å². The Kier molecular flexibility index (Phi) is 4.79. The Morgan fingerprint density at radius 2 is 2.31 bits per heavy atom. The number of aryl methyl sites for hydroxylation is 1. The summed E-state index contributed by atoms with van der Waals surface area (Å²) < 4.78 is 0. The van der Waals surface area contributed by atoms with E-state index in [9.17, 15) is 0 Å². The van der Waals surface area contributed by atoms with Crippen molar-refractivity contribution in [3.8, 4) is 0 Å². The zero-order valence-corrected chi connectivity index (χ0v) is 9.77. The predicted molar refractivity (Wildman–Crippen MR) is 65.5 cm³/mol. The maximum absolute atomic E-state index is 8.49. The summed E-state index contributed by atoms with van der Waals surface area (Å²) in [6.07, 6.45) is 0. The van der Waals surface area contributed by atoms with E-state index in [0.717, 1.165) is 6.54 Å². The zero-order chi connectivity index (χ0) is 12.0. The average Bonchev–Trinajstić information content (AvgIpc) is 2.28. The van der Waals surface area contributed by atoms with Crippen molar-refractivity contribution in [1.82, 2.24) is 5.32 Å². The highest BCUT2D eigenvalue weighted by Crippen LogP contribution is 2.03. The maximum Gasteiger partial charge on any atom is 0.143 e. The molecule has 0 saturated heterocycles. The maximum atomic E-state index is 8.49. The molecule has 0 amide bonds. The SMILES string of the molecule is Cc1cccc(CNCC(C)C(N)=NO)c1. The summed E-state index contributed by atoms with van der Waals surface area (Å²) in [5.41, 5.74) is 7.98. The van der Waals surface area contributed by atoms with Gasteiger partial charge in [0.05, 0.1) is 0 Å². The van der Waals surface area contributed by atoms with Gasteiger partial charge in [-0.1, -0.05) is 41.9 Å². The van der Waals surface area contributed by atoms with Gasteiger partial charge in [0.15, 0.2) is 0 Å². The first-order valence-corrected chi connectivity index (χ1v) is 5.37. The zero-order valence-electron chi connectivity index (χ0n) is 9.77. The molecule has 88 valence electrons. The minimum absolute atomic E-state index is 0.0369. The Hall–Kier alpha value is -1.55. The fourth-order valence-electron chi connectivity index (χ4n) is 1.46. The lowest BCUT2D eigenvalue weighted by Gasteiger charge is -2.11. The molecule has 4 heteroatoms. The van der Waals surface area contributed by atoms with Crippen molar-refractivity contribution >= 4 is 5.84 Å². The van der Waals surface area contributed by atoms with E-state index in [1.807, 2.05) is 13.0 Å². The van der Waals surface area contributed by atoms with Crippen LogP contribution in [0.2, 0.25) is 0 Å². The molecule has 4 nitrogen and oxygen atoms in total. The molecule has 1 unspecified atom stereocenters. The third-order valence-corrected chi connectivity index (χ3v) is 2.48. The van der Waals surface area contributed by atoms with Crippen LogP contribution in [0.25, 0.3) is 0 Å². The minimum atomic E-state index is 0.0369. The topological polar surface area (TPSA) is 70.6 Å². The fourth-order valence-corrected chi connectivity index (χ4v) is 1.46. The molecule has 1 aromatic carbocycles. The molecule has 0 heterocycles. The molecule has 0 fully saturated rings. The molecule has 0 aliphatic rings. The van der Waals surface area contributed by atoms with Crippen molar-refractivity contribution in [1.29, 1.82) is 0 Å². The molecule has 0 aliphatic carbocycles. The van der Waals surface area contributed by atoms with Gasteiger partial charge in [-0.2, -0.15) is 0 Å². The Bertz CT molecular complexity index is 363. The Balaban J connectivity index is 2.36. The average molecular weight is 221 g/mol. The predicted octanol–water partition coefficient (Wildman–Crippen LogP) is 1.47. The van der Waals surface area contributed by atoms with E-state index in [0.29, 0.717) is 6.54 Å². The third-order valence-electron chi connectivity index (χ3n) is 2.48. The second kappa shape index (κ2) is 6.12. The molecule has 0 saturated carbocycles. The highest BCUT2D eigenvalue weighted by Gasteiger charge is 2.06. The second-order valence-corrected chi connectivity index (χ2v) is 4.05. The number of hydrogen-bond donors (Lipinski definition) is 3. The van der Waals surface area contributed by atoms with E-state index >= 15 is 0 Å². The van der Waals surface area contributed by atoms with E-state index in [1.54, 1.807) is 0 Å². The summed E-state index contributed by atoms with van der Waals surface area (Å²) in [6.45, 7) is 5.48. The molecule has 0 aliphatic heterocycles. The standard InChI is InChI=1S/C12H19N3O/c1-9-4-3-5-11(6-9)8-14-7-10(2)12(13)15-16/h3-6,10,14,16H,7-8H2,1-2H3,(H2,13,15). The third kappa shape index (κ3) is 3.90. The number of oxime groups is 1. The lowest BCUT2D eigenvalue weighted by atomic mass is 10.1. The summed E-state index contributed by atoms with van der Waals surface area (Å²) in [7, 11) is 0. The lowest BCUT2D eigenvalue weighted by Crippen LogP contribution is -2.31. The van der Waals surface area contributed by atoms with Gasteiger partial charge in [0.2, 0.25) is 0 Å². The number of nitrogens with zero attached hydrogens (tertiary/aromatic N) is 1. The molecule has 1 atom stereocenters. The molecule has 0 bridgehead atoms. The van der Waals surface area contributed by atoms with Crippen LogP contribution in [0.5, 0.6) is 0 Å². The van der Waals surface area contributed by atoms with Gasteiger partial charge in [0.25, 0.3) is 0 Å². The lowest BCUT2D eigenvalue weighted by molar-refractivity contribution is 0.314. The van der Waals surface area contributed by atoms with Crippen LogP contribution in [0.1, 0.15) is 18.1 Å². The Morgan fingerprint density at radius 1 is 1.56 bits per heavy atom. The Labute approximate surface area is 96.2 Å². The summed E-state index contributed by atoms with van der Waals surface area (Å²) in [5, 5.41) is 14.7. The number of amidine groups is 1. The molecular formula is C12H19N3O. The van der Waals surface area contributed by atoms with Crippen molar-refractivity contribution in [3.05, 3.63) is 35.4 Å². The van der Waals surface area contributed by atoms with Crippen molar-refractivity contribution in [2.45, 2.75) is 20.4 Å². The fraction of sp³-hybridized carbons (Fsp3) is 0.417. The molecule has 1 rings (SSSR count). The van der Waals surface area contributed by atoms with Crippen LogP contribution in [0.15, 0.2) is 29.4 Å². The number of rotatable bonds is 5. The van der Waals surface area contributed by atoms with Gasteiger partial charge in [-0.25, -0.2) is 0 Å². The normalized spacial score (nSPS) is 13.8. The quantitative estimate of drug-likeness (QED) is 0.305. The largest absolute Gasteiger partial charge is 0.409 e. The molecule has 0 radical (unpaired) electrons. The molecule has 0 aromatic heterocycles. The number of benzene rings is 1.